The number of nitrogens with zero attached hydrogens (tertiary/aromatic N) is 1. The molecule has 7 heteroatoms. The lowest BCUT2D eigenvalue weighted by Crippen LogP contribution is -2.07. The van der Waals surface area contributed by atoms with Crippen LogP contribution >= 0.6 is 11.6 Å². The number of aromatic nitrogens is 1. The lowest BCUT2D eigenvalue weighted by molar-refractivity contribution is -0.114. The molecule has 0 aliphatic carbocycles. The number of halogens is 1. The molecule has 3 rings (SSSR count). The molecule has 0 bridgehead atoms. The molecule has 0 radical (unpaired) electrons. The number of aryl methyl sites for hydroxylation is 1. The minimum Gasteiger partial charge on any atom is -0.503 e. The summed E-state index contributed by atoms with van der Waals surface area (Å²) in [7, 11) is 3.00. The number of carbonyl (C=O) groups excluding carboxylic acids is 1. The van der Waals surface area contributed by atoms with Gasteiger partial charge in [0.05, 0.1) is 36.1 Å². The van der Waals surface area contributed by atoms with Gasteiger partial charge in [-0.2, -0.15) is 0 Å². The summed E-state index contributed by atoms with van der Waals surface area (Å²) in [5, 5.41) is 13.8. The number of ether oxygens (including phenoxy) is 2. The van der Waals surface area contributed by atoms with Crippen molar-refractivity contribution in [3.63, 3.8) is 0 Å². The number of nitrogens with one attached hydrogen (secondary N) is 1. The molecule has 0 unspecified atom stereocenters. The van der Waals surface area contributed by atoms with Crippen LogP contribution in [0, 0.1) is 6.92 Å². The number of rotatable bonds is 4. The Morgan fingerprint density at radius 2 is 1.81 bits per heavy atom. The fraction of sp³-hybridized carbons (Fsp3) is 0.200. The average molecular weight is 387 g/mol. The van der Waals surface area contributed by atoms with Crippen molar-refractivity contribution in [1.82, 2.24) is 4.98 Å². The zero-order valence-corrected chi connectivity index (χ0v) is 16.1. The van der Waals surface area contributed by atoms with Gasteiger partial charge in [0.25, 0.3) is 0 Å². The van der Waals surface area contributed by atoms with Crippen LogP contribution < -0.4 is 14.8 Å². The van der Waals surface area contributed by atoms with E-state index < -0.39 is 0 Å². The van der Waals surface area contributed by atoms with E-state index in [2.05, 4.69) is 5.32 Å². The molecule has 1 aromatic heterocycles. The number of hydrogen-bond donors (Lipinski definition) is 2. The second-order valence-electron chi connectivity index (χ2n) is 6.08. The largest absolute Gasteiger partial charge is 0.503 e. The molecule has 140 valence electrons. The monoisotopic (exact) mass is 386 g/mol. The van der Waals surface area contributed by atoms with Crippen LogP contribution in [0.15, 0.2) is 30.3 Å². The SMILES string of the molecule is COc1cc2nc(-c3cc(Cl)c(O)c(OC)c3)cc(C)c2cc1NC(C)=O. The molecule has 0 aliphatic heterocycles. The van der Waals surface area contributed by atoms with Gasteiger partial charge in [-0.05, 0) is 36.8 Å². The van der Waals surface area contributed by atoms with E-state index in [-0.39, 0.29) is 22.4 Å². The first-order chi connectivity index (χ1) is 12.8. The number of hydrogen-bond acceptors (Lipinski definition) is 5. The summed E-state index contributed by atoms with van der Waals surface area (Å²) in [4.78, 5) is 16.1. The molecule has 0 spiro atoms. The molecule has 0 atom stereocenters. The summed E-state index contributed by atoms with van der Waals surface area (Å²) in [6, 6.07) is 8.84. The lowest BCUT2D eigenvalue weighted by Gasteiger charge is -2.14. The van der Waals surface area contributed by atoms with Crippen molar-refractivity contribution in [1.29, 1.82) is 0 Å². The van der Waals surface area contributed by atoms with Crippen LogP contribution in [0.3, 0.4) is 0 Å². The number of carbonyl (C=O) groups is 1. The Kier molecular flexibility index (Phi) is 5.10. The molecule has 0 saturated heterocycles. The Morgan fingerprint density at radius 3 is 2.44 bits per heavy atom. The topological polar surface area (TPSA) is 80.7 Å². The van der Waals surface area contributed by atoms with Crippen LogP contribution in [0.1, 0.15) is 12.5 Å². The van der Waals surface area contributed by atoms with Crippen molar-refractivity contribution in [3.8, 4) is 28.5 Å². The number of methoxy groups -OCH3 is 2. The predicted molar refractivity (Wildman–Crippen MR) is 106 cm³/mol. The van der Waals surface area contributed by atoms with Gasteiger partial charge in [0.15, 0.2) is 11.5 Å². The molecule has 0 fully saturated rings. The smallest absolute Gasteiger partial charge is 0.221 e. The maximum Gasteiger partial charge on any atom is 0.221 e. The van der Waals surface area contributed by atoms with Gasteiger partial charge < -0.3 is 19.9 Å². The van der Waals surface area contributed by atoms with Crippen LogP contribution in [0.25, 0.3) is 22.2 Å². The van der Waals surface area contributed by atoms with Crippen molar-refractivity contribution in [2.24, 2.45) is 0 Å². The van der Waals surface area contributed by atoms with Crippen molar-refractivity contribution in [3.05, 3.63) is 40.9 Å². The number of phenols is 1. The fourth-order valence-corrected chi connectivity index (χ4v) is 3.11. The zero-order chi connectivity index (χ0) is 19.7. The molecule has 0 aliphatic rings. The lowest BCUT2D eigenvalue weighted by atomic mass is 10.0. The number of anilines is 1. The summed E-state index contributed by atoms with van der Waals surface area (Å²) in [5.41, 5.74) is 3.65. The van der Waals surface area contributed by atoms with Crippen LogP contribution in [0.4, 0.5) is 5.69 Å². The van der Waals surface area contributed by atoms with E-state index >= 15 is 0 Å². The van der Waals surface area contributed by atoms with Gasteiger partial charge in [0.1, 0.15) is 5.75 Å². The number of benzene rings is 2. The third kappa shape index (κ3) is 3.61. The fourth-order valence-electron chi connectivity index (χ4n) is 2.90. The first kappa shape index (κ1) is 18.8. The first-order valence-electron chi connectivity index (χ1n) is 8.18. The molecular formula is C20H19ClN2O4. The van der Waals surface area contributed by atoms with Gasteiger partial charge in [0, 0.05) is 23.9 Å². The highest BCUT2D eigenvalue weighted by atomic mass is 35.5. The molecule has 0 saturated carbocycles. The van der Waals surface area contributed by atoms with Crippen LogP contribution in [-0.4, -0.2) is 30.2 Å². The van der Waals surface area contributed by atoms with Crippen LogP contribution in [-0.2, 0) is 4.79 Å². The number of fused-ring (bicyclic) bond motifs is 1. The van der Waals surface area contributed by atoms with E-state index in [1.807, 2.05) is 19.1 Å². The van der Waals surface area contributed by atoms with Crippen LogP contribution in [0.2, 0.25) is 5.02 Å². The third-order valence-electron chi connectivity index (χ3n) is 4.19. The van der Waals surface area contributed by atoms with Gasteiger partial charge in [-0.25, -0.2) is 4.98 Å². The Labute approximate surface area is 161 Å². The van der Waals surface area contributed by atoms with E-state index in [1.165, 1.54) is 21.1 Å². The molecule has 27 heavy (non-hydrogen) atoms. The molecular weight excluding hydrogens is 368 g/mol. The van der Waals surface area contributed by atoms with Gasteiger partial charge in [-0.1, -0.05) is 11.6 Å². The molecule has 6 nitrogen and oxygen atoms in total. The number of phenolic OH excluding ortho intramolecular Hbond substituents is 1. The second-order valence-corrected chi connectivity index (χ2v) is 6.49. The highest BCUT2D eigenvalue weighted by Gasteiger charge is 2.14. The Balaban J connectivity index is 2.20. The summed E-state index contributed by atoms with van der Waals surface area (Å²) in [6.45, 7) is 3.40. The minimum atomic E-state index is -0.180. The number of pyridine rings is 1. The molecule has 1 heterocycles. The first-order valence-corrected chi connectivity index (χ1v) is 8.55. The second kappa shape index (κ2) is 7.32. The molecule has 2 N–H and O–H groups in total. The van der Waals surface area contributed by atoms with Gasteiger partial charge >= 0.3 is 0 Å². The summed E-state index contributed by atoms with van der Waals surface area (Å²) in [6.07, 6.45) is 0. The Bertz CT molecular complexity index is 1050. The highest BCUT2D eigenvalue weighted by molar-refractivity contribution is 6.32. The zero-order valence-electron chi connectivity index (χ0n) is 15.4. The highest BCUT2D eigenvalue weighted by Crippen LogP contribution is 2.39. The maximum absolute atomic E-state index is 11.4. The summed E-state index contributed by atoms with van der Waals surface area (Å²) < 4.78 is 10.6. The quantitative estimate of drug-likeness (QED) is 0.687. The number of amides is 1. The predicted octanol–water partition coefficient (Wildman–Crippen LogP) is 4.54. The number of aromatic hydroxyl groups is 1. The molecule has 3 aromatic rings. The maximum atomic E-state index is 11.4. The molecule has 1 amide bonds. The average Bonchev–Trinajstić information content (AvgIpc) is 2.63. The van der Waals surface area contributed by atoms with E-state index in [9.17, 15) is 9.90 Å². The summed E-state index contributed by atoms with van der Waals surface area (Å²) in [5.74, 6) is 0.501. The van der Waals surface area contributed by atoms with Gasteiger partial charge in [-0.15, -0.1) is 0 Å². The normalized spacial score (nSPS) is 10.7. The van der Waals surface area contributed by atoms with Crippen molar-refractivity contribution in [2.75, 3.05) is 19.5 Å². The van der Waals surface area contributed by atoms with Crippen molar-refractivity contribution >= 4 is 34.1 Å². The van der Waals surface area contributed by atoms with Gasteiger partial charge in [-0.3, -0.25) is 4.79 Å². The van der Waals surface area contributed by atoms with Crippen LogP contribution in [0.5, 0.6) is 17.2 Å². The van der Waals surface area contributed by atoms with Gasteiger partial charge in [0.2, 0.25) is 5.91 Å². The van der Waals surface area contributed by atoms with E-state index in [4.69, 9.17) is 26.1 Å². The Morgan fingerprint density at radius 1 is 1.11 bits per heavy atom. The standard InChI is InChI=1S/C20H19ClN2O4/c1-10-5-15(12-6-14(21)20(25)19(7-12)27-4)23-16-9-18(26-3)17(8-13(10)16)22-11(2)24/h5-9,25H,1-4H3,(H,22,24). The van der Waals surface area contributed by atoms with Crippen molar-refractivity contribution in [2.45, 2.75) is 13.8 Å². The van der Waals surface area contributed by atoms with E-state index in [0.29, 0.717) is 28.2 Å². The third-order valence-corrected chi connectivity index (χ3v) is 4.48. The minimum absolute atomic E-state index is 0.109. The summed E-state index contributed by atoms with van der Waals surface area (Å²) >= 11 is 6.10. The van der Waals surface area contributed by atoms with E-state index in [1.54, 1.807) is 18.2 Å². The molecule has 2 aromatic carbocycles. The van der Waals surface area contributed by atoms with Crippen molar-refractivity contribution < 1.29 is 19.4 Å². The van der Waals surface area contributed by atoms with E-state index in [0.717, 1.165) is 10.9 Å². The Hall–Kier alpha value is -2.99.